The van der Waals surface area contributed by atoms with Gasteiger partial charge in [0.25, 0.3) is 0 Å². The summed E-state index contributed by atoms with van der Waals surface area (Å²) in [6, 6.07) is 0. The average Bonchev–Trinajstić information content (AvgIpc) is 2.54. The summed E-state index contributed by atoms with van der Waals surface area (Å²) in [5.74, 6) is -1.77. The molecule has 0 aromatic heterocycles. The zero-order chi connectivity index (χ0) is 13.5. The van der Waals surface area contributed by atoms with E-state index >= 15 is 0 Å². The van der Waals surface area contributed by atoms with Crippen LogP contribution in [0.25, 0.3) is 0 Å². The van der Waals surface area contributed by atoms with Gasteiger partial charge >= 0.3 is 0 Å². The van der Waals surface area contributed by atoms with Crippen LogP contribution < -0.4 is 5.32 Å². The van der Waals surface area contributed by atoms with E-state index in [4.69, 9.17) is 0 Å². The van der Waals surface area contributed by atoms with Crippen molar-refractivity contribution in [1.29, 1.82) is 0 Å². The normalized spacial score (nSPS) is 39.9. The summed E-state index contributed by atoms with van der Waals surface area (Å²) in [6.07, 6.45) is 3.59. The number of carbonyl (C=O) groups is 2. The molecule has 0 saturated carbocycles. The molecule has 5 heteroatoms. The molecule has 1 fully saturated rings. The molecule has 2 aliphatic rings. The van der Waals surface area contributed by atoms with E-state index in [1.54, 1.807) is 25.2 Å². The van der Waals surface area contributed by atoms with E-state index in [0.717, 1.165) is 0 Å². The van der Waals surface area contributed by atoms with Gasteiger partial charge in [0.1, 0.15) is 6.10 Å². The lowest BCUT2D eigenvalue weighted by molar-refractivity contribution is -0.151. The van der Waals surface area contributed by atoms with Crippen molar-refractivity contribution in [2.75, 3.05) is 0 Å². The van der Waals surface area contributed by atoms with Crippen molar-refractivity contribution in [3.63, 3.8) is 0 Å². The molecule has 1 spiro atoms. The summed E-state index contributed by atoms with van der Waals surface area (Å²) in [5, 5.41) is 22.2. The molecule has 1 aliphatic carbocycles. The van der Waals surface area contributed by atoms with Crippen LogP contribution >= 0.6 is 0 Å². The standard InChI is InChI=1S/C13H15NO4/c1-3-4-8-5-6-9(15)11(17)13(8)10(16)7(2)14-12(13)18/h3-6,8-9,11,15,17H,2H2,1H3,(H,14,18)/b4-3+/t8-,9-,11-,13+/m1/s1. The van der Waals surface area contributed by atoms with Gasteiger partial charge in [-0.2, -0.15) is 0 Å². The fraction of sp³-hybridized carbons (Fsp3) is 0.385. The molecule has 96 valence electrons. The number of carbonyl (C=O) groups excluding carboxylic acids is 2. The number of hydrogen-bond donors (Lipinski definition) is 3. The number of Topliss-reactive ketones (excluding diaryl/α,β-unsaturated/α-hetero) is 1. The third-order valence-corrected chi connectivity index (χ3v) is 3.52. The molecule has 1 heterocycles. The molecule has 18 heavy (non-hydrogen) atoms. The first kappa shape index (κ1) is 12.7. The van der Waals surface area contributed by atoms with E-state index in [1.807, 2.05) is 0 Å². The smallest absolute Gasteiger partial charge is 0.242 e. The molecule has 0 aromatic carbocycles. The Labute approximate surface area is 104 Å². The van der Waals surface area contributed by atoms with Gasteiger partial charge in [0.15, 0.2) is 11.2 Å². The number of nitrogens with one attached hydrogen (secondary N) is 1. The summed E-state index contributed by atoms with van der Waals surface area (Å²) in [7, 11) is 0. The van der Waals surface area contributed by atoms with Crippen molar-refractivity contribution in [3.05, 3.63) is 36.6 Å². The second kappa shape index (κ2) is 4.19. The quantitative estimate of drug-likeness (QED) is 0.337. The van der Waals surface area contributed by atoms with E-state index in [1.165, 1.54) is 6.08 Å². The van der Waals surface area contributed by atoms with E-state index in [9.17, 15) is 19.8 Å². The van der Waals surface area contributed by atoms with Crippen LogP contribution in [0.4, 0.5) is 0 Å². The Morgan fingerprint density at radius 2 is 2.06 bits per heavy atom. The van der Waals surface area contributed by atoms with Crippen LogP contribution in [0, 0.1) is 11.3 Å². The van der Waals surface area contributed by atoms with Crippen molar-refractivity contribution in [2.45, 2.75) is 19.1 Å². The predicted octanol–water partition coefficient (Wildman–Crippen LogP) is -0.331. The van der Waals surface area contributed by atoms with Crippen LogP contribution in [0.1, 0.15) is 6.92 Å². The van der Waals surface area contributed by atoms with E-state index in [-0.39, 0.29) is 5.70 Å². The highest BCUT2D eigenvalue weighted by molar-refractivity contribution is 6.21. The molecule has 1 amide bonds. The fourth-order valence-corrected chi connectivity index (χ4v) is 2.60. The van der Waals surface area contributed by atoms with Crippen LogP contribution in [-0.4, -0.2) is 34.1 Å². The van der Waals surface area contributed by atoms with Gasteiger partial charge in [0.2, 0.25) is 5.91 Å². The van der Waals surface area contributed by atoms with Crippen molar-refractivity contribution in [2.24, 2.45) is 11.3 Å². The van der Waals surface area contributed by atoms with Gasteiger partial charge in [-0.1, -0.05) is 30.9 Å². The summed E-state index contributed by atoms with van der Waals surface area (Å²) in [5.41, 5.74) is -1.74. The van der Waals surface area contributed by atoms with Crippen molar-refractivity contribution in [3.8, 4) is 0 Å². The predicted molar refractivity (Wildman–Crippen MR) is 64.2 cm³/mol. The lowest BCUT2D eigenvalue weighted by Gasteiger charge is -2.38. The summed E-state index contributed by atoms with van der Waals surface area (Å²) in [4.78, 5) is 24.3. The maximum Gasteiger partial charge on any atom is 0.242 e. The largest absolute Gasteiger partial charge is 0.388 e. The zero-order valence-electron chi connectivity index (χ0n) is 9.96. The molecular formula is C13H15NO4. The van der Waals surface area contributed by atoms with Crippen molar-refractivity contribution in [1.82, 2.24) is 5.32 Å². The molecule has 0 radical (unpaired) electrons. The lowest BCUT2D eigenvalue weighted by atomic mass is 9.64. The number of hydrogen-bond acceptors (Lipinski definition) is 4. The lowest BCUT2D eigenvalue weighted by Crippen LogP contribution is -2.56. The zero-order valence-corrected chi connectivity index (χ0v) is 9.96. The number of amides is 1. The number of aliphatic hydroxyl groups is 2. The average molecular weight is 249 g/mol. The van der Waals surface area contributed by atoms with Crippen LogP contribution in [0.15, 0.2) is 36.6 Å². The fourth-order valence-electron chi connectivity index (χ4n) is 2.60. The van der Waals surface area contributed by atoms with Gasteiger partial charge in [-0.05, 0) is 6.92 Å². The maximum absolute atomic E-state index is 12.2. The SMILES string of the molecule is C=C1NC(=O)[C@@]2(C1=O)[C@H](O)[C@H](O)C=C[C@H]2/C=C/C. The Bertz CT molecular complexity index is 479. The van der Waals surface area contributed by atoms with Crippen LogP contribution in [-0.2, 0) is 9.59 Å². The molecule has 0 bridgehead atoms. The summed E-state index contributed by atoms with van der Waals surface area (Å²) in [6.45, 7) is 5.22. The molecule has 3 N–H and O–H groups in total. The Kier molecular flexibility index (Phi) is 2.96. The molecule has 5 nitrogen and oxygen atoms in total. The van der Waals surface area contributed by atoms with E-state index in [2.05, 4.69) is 11.9 Å². The van der Waals surface area contributed by atoms with Gasteiger partial charge in [-0.3, -0.25) is 9.59 Å². The summed E-state index contributed by atoms with van der Waals surface area (Å²) < 4.78 is 0. The molecule has 4 atom stereocenters. The van der Waals surface area contributed by atoms with E-state index in [0.29, 0.717) is 0 Å². The Morgan fingerprint density at radius 1 is 1.39 bits per heavy atom. The third-order valence-electron chi connectivity index (χ3n) is 3.52. The first-order valence-electron chi connectivity index (χ1n) is 5.68. The molecular weight excluding hydrogens is 234 g/mol. The van der Waals surface area contributed by atoms with Gasteiger partial charge in [0, 0.05) is 5.92 Å². The van der Waals surface area contributed by atoms with Crippen LogP contribution in [0.3, 0.4) is 0 Å². The first-order chi connectivity index (χ1) is 8.46. The highest BCUT2D eigenvalue weighted by atomic mass is 16.3. The minimum absolute atomic E-state index is 0.0453. The second-order valence-corrected chi connectivity index (χ2v) is 4.50. The Balaban J connectivity index is 2.62. The third kappa shape index (κ3) is 1.41. The van der Waals surface area contributed by atoms with Gasteiger partial charge in [-0.25, -0.2) is 0 Å². The number of ketones is 1. The van der Waals surface area contributed by atoms with Crippen molar-refractivity contribution >= 4 is 11.7 Å². The Hall–Kier alpha value is -1.72. The minimum atomic E-state index is -1.70. The highest BCUT2D eigenvalue weighted by Crippen LogP contribution is 2.44. The monoisotopic (exact) mass is 249 g/mol. The molecule has 0 unspecified atom stereocenters. The molecule has 2 rings (SSSR count). The number of rotatable bonds is 1. The number of allylic oxidation sites excluding steroid dienone is 4. The van der Waals surface area contributed by atoms with E-state index < -0.39 is 35.2 Å². The molecule has 1 saturated heterocycles. The number of aliphatic hydroxyl groups excluding tert-OH is 2. The van der Waals surface area contributed by atoms with Gasteiger partial charge in [0.05, 0.1) is 11.8 Å². The van der Waals surface area contributed by atoms with Gasteiger partial charge < -0.3 is 15.5 Å². The first-order valence-corrected chi connectivity index (χ1v) is 5.68. The van der Waals surface area contributed by atoms with Crippen molar-refractivity contribution < 1.29 is 19.8 Å². The molecule has 1 aliphatic heterocycles. The highest BCUT2D eigenvalue weighted by Gasteiger charge is 2.62. The Morgan fingerprint density at radius 3 is 2.56 bits per heavy atom. The van der Waals surface area contributed by atoms with Crippen LogP contribution in [0.2, 0.25) is 0 Å². The topological polar surface area (TPSA) is 86.6 Å². The maximum atomic E-state index is 12.2. The summed E-state index contributed by atoms with van der Waals surface area (Å²) >= 11 is 0. The second-order valence-electron chi connectivity index (χ2n) is 4.50. The molecule has 0 aromatic rings. The van der Waals surface area contributed by atoms with Gasteiger partial charge in [-0.15, -0.1) is 0 Å². The minimum Gasteiger partial charge on any atom is -0.388 e. The van der Waals surface area contributed by atoms with Crippen LogP contribution in [0.5, 0.6) is 0 Å².